The molecule has 0 amide bonds. The average Bonchev–Trinajstić information content (AvgIpc) is 1.99. The first kappa shape index (κ1) is 11.3. The average molecular weight is 222 g/mol. The van der Waals surface area contributed by atoms with Gasteiger partial charge in [0.1, 0.15) is 5.56 Å². The maximum Gasteiger partial charge on any atom is 0.455 e. The lowest BCUT2D eigenvalue weighted by atomic mass is 10.1. The minimum Gasteiger partial charge on any atom is -0.480 e. The van der Waals surface area contributed by atoms with Crippen molar-refractivity contribution in [3.05, 3.63) is 27.6 Å². The van der Waals surface area contributed by atoms with Gasteiger partial charge in [-0.1, -0.05) is 0 Å². The number of aryl methyl sites for hydroxylation is 1. The molecule has 0 spiro atoms. The Bertz CT molecular complexity index is 432. The summed E-state index contributed by atoms with van der Waals surface area (Å²) in [6, 6.07) is 0.693. The number of rotatable bonds is 1. The molecule has 0 radical (unpaired) electrons. The summed E-state index contributed by atoms with van der Waals surface area (Å²) in [4.78, 5) is 21.4. The molecule has 0 aromatic carbocycles. The van der Waals surface area contributed by atoms with Crippen LogP contribution >= 0.6 is 0 Å². The van der Waals surface area contributed by atoms with Gasteiger partial charge in [0.05, 0.1) is 0 Å². The van der Waals surface area contributed by atoms with Crippen LogP contribution in [0.15, 0.2) is 15.3 Å². The van der Waals surface area contributed by atoms with Crippen LogP contribution in [0.1, 0.15) is 15.9 Å². The van der Waals surface area contributed by atoms with Gasteiger partial charge in [0.15, 0.2) is 0 Å². The molecule has 0 aliphatic heterocycles. The summed E-state index contributed by atoms with van der Waals surface area (Å²) in [6.45, 7) is 1.09. The normalized spacial score (nSPS) is 11.5. The molecule has 0 unspecified atom stereocenters. The molecule has 1 aromatic heterocycles. The van der Waals surface area contributed by atoms with E-state index in [0.717, 1.165) is 6.92 Å². The monoisotopic (exact) mass is 222 g/mol. The molecule has 1 N–H and O–H groups in total. The highest BCUT2D eigenvalue weighted by molar-refractivity contribution is 6.02. The van der Waals surface area contributed by atoms with Crippen molar-refractivity contribution >= 4 is 5.78 Å². The zero-order chi connectivity index (χ0) is 11.8. The topological polar surface area (TPSA) is 67.5 Å². The Labute approximate surface area is 80.9 Å². The van der Waals surface area contributed by atoms with Crippen LogP contribution in [0.2, 0.25) is 0 Å². The first-order chi connectivity index (χ1) is 6.73. The second kappa shape index (κ2) is 3.41. The van der Waals surface area contributed by atoms with Crippen LogP contribution in [0, 0.1) is 6.92 Å². The summed E-state index contributed by atoms with van der Waals surface area (Å²) in [5.74, 6) is -3.57. The van der Waals surface area contributed by atoms with Crippen LogP contribution in [0.3, 0.4) is 0 Å². The number of carbonyl (C=O) groups is 1. The van der Waals surface area contributed by atoms with E-state index in [0.29, 0.717) is 6.07 Å². The third-order valence-electron chi connectivity index (χ3n) is 1.62. The Hall–Kier alpha value is -1.79. The van der Waals surface area contributed by atoms with Gasteiger partial charge in [-0.2, -0.15) is 13.2 Å². The van der Waals surface area contributed by atoms with Gasteiger partial charge in [-0.25, -0.2) is 4.79 Å². The summed E-state index contributed by atoms with van der Waals surface area (Å²) >= 11 is 0. The van der Waals surface area contributed by atoms with E-state index in [9.17, 15) is 22.8 Å². The second-order valence-corrected chi connectivity index (χ2v) is 2.76. The Kier molecular flexibility index (Phi) is 2.57. The zero-order valence-corrected chi connectivity index (χ0v) is 7.38. The number of hydrogen-bond donors (Lipinski definition) is 1. The molecule has 1 rings (SSSR count). The van der Waals surface area contributed by atoms with Crippen molar-refractivity contribution in [3.63, 3.8) is 0 Å². The van der Waals surface area contributed by atoms with Gasteiger partial charge in [-0.3, -0.25) is 4.79 Å². The molecular weight excluding hydrogens is 217 g/mol. The molecule has 0 saturated heterocycles. The predicted octanol–water partition coefficient (Wildman–Crippen LogP) is 1.40. The van der Waals surface area contributed by atoms with Gasteiger partial charge < -0.3 is 9.52 Å². The van der Waals surface area contributed by atoms with Crippen molar-refractivity contribution in [2.45, 2.75) is 13.1 Å². The molecule has 0 aliphatic rings. The lowest BCUT2D eigenvalue weighted by Gasteiger charge is -2.07. The van der Waals surface area contributed by atoms with E-state index in [4.69, 9.17) is 5.11 Å². The van der Waals surface area contributed by atoms with Gasteiger partial charge in [-0.05, 0) is 12.5 Å². The van der Waals surface area contributed by atoms with Crippen molar-refractivity contribution in [3.8, 4) is 5.95 Å². The van der Waals surface area contributed by atoms with E-state index in [1.54, 1.807) is 0 Å². The number of carbonyl (C=O) groups excluding carboxylic acids is 1. The van der Waals surface area contributed by atoms with Gasteiger partial charge in [0, 0.05) is 6.07 Å². The van der Waals surface area contributed by atoms with Gasteiger partial charge in [-0.15, -0.1) is 0 Å². The fourth-order valence-electron chi connectivity index (χ4n) is 1.01. The van der Waals surface area contributed by atoms with E-state index in [1.807, 2.05) is 0 Å². The molecule has 0 aliphatic carbocycles. The first-order valence-electron chi connectivity index (χ1n) is 3.68. The van der Waals surface area contributed by atoms with E-state index in [2.05, 4.69) is 4.42 Å². The summed E-state index contributed by atoms with van der Waals surface area (Å²) in [5.41, 5.74) is -2.35. The standard InChI is InChI=1S/C8H5F3O4/c1-3-2-4(12)15-7(14)5(3)6(13)8(9,10)11/h2,14H,1H3. The van der Waals surface area contributed by atoms with Crippen LogP contribution in [0.5, 0.6) is 5.95 Å². The highest BCUT2D eigenvalue weighted by Gasteiger charge is 2.42. The van der Waals surface area contributed by atoms with E-state index in [1.165, 1.54) is 0 Å². The molecule has 0 fully saturated rings. The lowest BCUT2D eigenvalue weighted by molar-refractivity contribution is -0.0889. The van der Waals surface area contributed by atoms with Gasteiger partial charge in [0.25, 0.3) is 11.7 Å². The maximum atomic E-state index is 12.0. The molecule has 0 saturated carbocycles. The van der Waals surface area contributed by atoms with Crippen molar-refractivity contribution in [2.75, 3.05) is 0 Å². The molecule has 4 nitrogen and oxygen atoms in total. The molecule has 1 heterocycles. The van der Waals surface area contributed by atoms with Crippen LogP contribution in [0.4, 0.5) is 13.2 Å². The minimum absolute atomic E-state index is 0.286. The summed E-state index contributed by atoms with van der Waals surface area (Å²) in [5, 5.41) is 8.92. The highest BCUT2D eigenvalue weighted by Crippen LogP contribution is 2.27. The number of hydrogen-bond acceptors (Lipinski definition) is 4. The van der Waals surface area contributed by atoms with Crippen LogP contribution in [0.25, 0.3) is 0 Å². The summed E-state index contributed by atoms with van der Waals surface area (Å²) < 4.78 is 40.0. The third-order valence-corrected chi connectivity index (χ3v) is 1.62. The van der Waals surface area contributed by atoms with Crippen molar-refractivity contribution in [1.82, 2.24) is 0 Å². The molecule has 7 heteroatoms. The van der Waals surface area contributed by atoms with Gasteiger partial charge in [0.2, 0.25) is 0 Å². The fraction of sp³-hybridized carbons (Fsp3) is 0.250. The minimum atomic E-state index is -5.12. The van der Waals surface area contributed by atoms with Crippen molar-refractivity contribution in [2.24, 2.45) is 0 Å². The number of alkyl halides is 3. The Morgan fingerprint density at radius 3 is 2.40 bits per heavy atom. The quantitative estimate of drug-likeness (QED) is 0.729. The number of halogens is 3. The lowest BCUT2D eigenvalue weighted by Crippen LogP contribution is -2.24. The summed E-state index contributed by atoms with van der Waals surface area (Å²) in [7, 11) is 0. The highest BCUT2D eigenvalue weighted by atomic mass is 19.4. The second-order valence-electron chi connectivity index (χ2n) is 2.76. The van der Waals surface area contributed by atoms with E-state index < -0.39 is 29.1 Å². The molecule has 0 bridgehead atoms. The SMILES string of the molecule is Cc1cc(=O)oc(O)c1C(=O)C(F)(F)F. The largest absolute Gasteiger partial charge is 0.480 e. The van der Waals surface area contributed by atoms with Crippen molar-refractivity contribution < 1.29 is 27.5 Å². The molecular formula is C8H5F3O4. The van der Waals surface area contributed by atoms with E-state index >= 15 is 0 Å². The van der Waals surface area contributed by atoms with Crippen molar-refractivity contribution in [1.29, 1.82) is 0 Å². The predicted molar refractivity (Wildman–Crippen MR) is 41.8 cm³/mol. The molecule has 0 atom stereocenters. The Morgan fingerprint density at radius 1 is 1.47 bits per heavy atom. The van der Waals surface area contributed by atoms with Gasteiger partial charge >= 0.3 is 11.8 Å². The maximum absolute atomic E-state index is 12.0. The van der Waals surface area contributed by atoms with Crippen LogP contribution in [-0.2, 0) is 0 Å². The first-order valence-corrected chi connectivity index (χ1v) is 3.68. The molecule has 15 heavy (non-hydrogen) atoms. The number of Topliss-reactive ketones (excluding diaryl/α,β-unsaturated/α-hetero) is 1. The van der Waals surface area contributed by atoms with E-state index in [-0.39, 0.29) is 5.56 Å². The third kappa shape index (κ3) is 2.17. The molecule has 1 aromatic rings. The van der Waals surface area contributed by atoms with Crippen LogP contribution < -0.4 is 5.63 Å². The smallest absolute Gasteiger partial charge is 0.455 e. The zero-order valence-electron chi connectivity index (χ0n) is 7.38. The Balaban J connectivity index is 3.39. The van der Waals surface area contributed by atoms with Crippen LogP contribution in [-0.4, -0.2) is 17.1 Å². The Morgan fingerprint density at radius 2 is 2.00 bits per heavy atom. The number of aromatic hydroxyl groups is 1. The fourth-order valence-corrected chi connectivity index (χ4v) is 1.01. The molecule has 82 valence electrons. The number of ketones is 1. The summed E-state index contributed by atoms with van der Waals surface area (Å²) in [6.07, 6.45) is -5.12.